The van der Waals surface area contributed by atoms with E-state index in [1.54, 1.807) is 0 Å². The normalized spacial score (nSPS) is 17.8. The van der Waals surface area contributed by atoms with E-state index < -0.39 is 5.41 Å². The monoisotopic (exact) mass is 333 g/mol. The number of nitrogens with zero attached hydrogens (tertiary/aromatic N) is 2. The van der Waals surface area contributed by atoms with Crippen molar-refractivity contribution in [1.29, 1.82) is 0 Å². The maximum absolute atomic E-state index is 12.9. The lowest BCUT2D eigenvalue weighted by molar-refractivity contribution is -0.141. The first-order valence-corrected chi connectivity index (χ1v) is 8.65. The summed E-state index contributed by atoms with van der Waals surface area (Å²) in [6, 6.07) is 5.87. The van der Waals surface area contributed by atoms with Crippen LogP contribution in [0.2, 0.25) is 0 Å². The van der Waals surface area contributed by atoms with E-state index >= 15 is 0 Å². The molecule has 1 aliphatic heterocycles. The van der Waals surface area contributed by atoms with Gasteiger partial charge in [-0.15, -0.1) is 0 Å². The third-order valence-corrected chi connectivity index (χ3v) is 4.32. The number of amides is 1. The number of hydrogen-bond donors (Lipinski definition) is 1. The van der Waals surface area contributed by atoms with E-state index in [2.05, 4.69) is 4.90 Å². The largest absolute Gasteiger partial charge is 0.399 e. The number of nitrogens with two attached hydrogens (primary N) is 1. The summed E-state index contributed by atoms with van der Waals surface area (Å²) < 4.78 is 5.76. The van der Waals surface area contributed by atoms with Crippen LogP contribution in [-0.2, 0) is 16.1 Å². The zero-order valence-corrected chi connectivity index (χ0v) is 15.6. The lowest BCUT2D eigenvalue weighted by atomic mass is 9.94. The summed E-state index contributed by atoms with van der Waals surface area (Å²) in [7, 11) is 4.01. The van der Waals surface area contributed by atoms with Crippen LogP contribution in [0.15, 0.2) is 18.2 Å². The molecule has 1 amide bonds. The van der Waals surface area contributed by atoms with Crippen molar-refractivity contribution in [3.63, 3.8) is 0 Å². The first-order valence-electron chi connectivity index (χ1n) is 8.65. The fourth-order valence-electron chi connectivity index (χ4n) is 3.10. The third-order valence-electron chi connectivity index (χ3n) is 4.32. The fourth-order valence-corrected chi connectivity index (χ4v) is 3.10. The average Bonchev–Trinajstić information content (AvgIpc) is 2.97. The molecule has 0 saturated carbocycles. The van der Waals surface area contributed by atoms with E-state index in [0.717, 1.165) is 36.4 Å². The van der Waals surface area contributed by atoms with E-state index in [4.69, 9.17) is 10.5 Å². The Labute approximate surface area is 145 Å². The summed E-state index contributed by atoms with van der Waals surface area (Å²) in [6.07, 6.45) is 2.23. The van der Waals surface area contributed by atoms with Crippen molar-refractivity contribution in [2.75, 3.05) is 37.9 Å². The molecule has 0 unspecified atom stereocenters. The number of carbonyl (C=O) groups excluding carboxylic acids is 1. The Kier molecular flexibility index (Phi) is 5.75. The van der Waals surface area contributed by atoms with Gasteiger partial charge < -0.3 is 20.3 Å². The fraction of sp³-hybridized carbons (Fsp3) is 0.632. The molecule has 5 nitrogen and oxygen atoms in total. The molecule has 5 heteroatoms. The number of rotatable bonds is 5. The van der Waals surface area contributed by atoms with Crippen molar-refractivity contribution in [3.8, 4) is 0 Å². The lowest BCUT2D eigenvalue weighted by Crippen LogP contribution is -2.43. The highest BCUT2D eigenvalue weighted by molar-refractivity contribution is 5.81. The van der Waals surface area contributed by atoms with Crippen molar-refractivity contribution in [2.45, 2.75) is 46.3 Å². The van der Waals surface area contributed by atoms with Gasteiger partial charge in [0.05, 0.1) is 6.10 Å². The summed E-state index contributed by atoms with van der Waals surface area (Å²) in [5, 5.41) is 0. The van der Waals surface area contributed by atoms with Gasteiger partial charge in [-0.1, -0.05) is 20.8 Å². The van der Waals surface area contributed by atoms with Gasteiger partial charge in [-0.05, 0) is 36.6 Å². The molecule has 0 radical (unpaired) electrons. The lowest BCUT2D eigenvalue weighted by Gasteiger charge is -2.32. The number of hydrogen-bond acceptors (Lipinski definition) is 4. The highest BCUT2D eigenvalue weighted by Crippen LogP contribution is 2.27. The van der Waals surface area contributed by atoms with Gasteiger partial charge in [0.2, 0.25) is 5.91 Å². The molecule has 1 saturated heterocycles. The van der Waals surface area contributed by atoms with Crippen LogP contribution in [0.5, 0.6) is 0 Å². The topological polar surface area (TPSA) is 58.8 Å². The SMILES string of the molecule is CN(C)c1ccc(N)cc1CN(C[C@@H]1CCCO1)C(=O)C(C)(C)C. The van der Waals surface area contributed by atoms with Crippen LogP contribution in [0.25, 0.3) is 0 Å². The molecule has 1 heterocycles. The van der Waals surface area contributed by atoms with Gasteiger partial charge in [0.15, 0.2) is 0 Å². The van der Waals surface area contributed by atoms with Gasteiger partial charge in [0.1, 0.15) is 0 Å². The Morgan fingerprint density at radius 1 is 1.33 bits per heavy atom. The molecule has 1 aliphatic rings. The van der Waals surface area contributed by atoms with Crippen LogP contribution in [-0.4, -0.2) is 44.2 Å². The molecular weight excluding hydrogens is 302 g/mol. The smallest absolute Gasteiger partial charge is 0.228 e. The van der Waals surface area contributed by atoms with Crippen molar-refractivity contribution in [1.82, 2.24) is 4.90 Å². The number of carbonyl (C=O) groups is 1. The zero-order chi connectivity index (χ0) is 17.9. The Morgan fingerprint density at radius 2 is 2.04 bits per heavy atom. The third kappa shape index (κ3) is 4.63. The molecule has 24 heavy (non-hydrogen) atoms. The standard InChI is InChI=1S/C19H31N3O2/c1-19(2,3)18(23)22(13-16-7-6-10-24-16)12-14-11-15(20)8-9-17(14)21(4)5/h8-9,11,16H,6-7,10,12-13,20H2,1-5H3/t16-/m0/s1. The van der Waals surface area contributed by atoms with Crippen LogP contribution in [0.3, 0.4) is 0 Å². The van der Waals surface area contributed by atoms with Crippen LogP contribution >= 0.6 is 0 Å². The van der Waals surface area contributed by atoms with Crippen LogP contribution < -0.4 is 10.6 Å². The van der Waals surface area contributed by atoms with Gasteiger partial charge in [-0.3, -0.25) is 4.79 Å². The molecular formula is C19H31N3O2. The van der Waals surface area contributed by atoms with Gasteiger partial charge in [0, 0.05) is 50.6 Å². The van der Waals surface area contributed by atoms with Gasteiger partial charge in [-0.2, -0.15) is 0 Å². The number of anilines is 2. The molecule has 0 aromatic heterocycles. The number of nitrogen functional groups attached to an aromatic ring is 1. The van der Waals surface area contributed by atoms with Crippen molar-refractivity contribution < 1.29 is 9.53 Å². The Bertz CT molecular complexity index is 572. The van der Waals surface area contributed by atoms with Crippen molar-refractivity contribution in [3.05, 3.63) is 23.8 Å². The predicted octanol–water partition coefficient (Wildman–Crippen LogP) is 2.89. The summed E-state index contributed by atoms with van der Waals surface area (Å²) >= 11 is 0. The highest BCUT2D eigenvalue weighted by atomic mass is 16.5. The van der Waals surface area contributed by atoms with Gasteiger partial charge in [-0.25, -0.2) is 0 Å². The molecule has 0 bridgehead atoms. The molecule has 0 spiro atoms. The summed E-state index contributed by atoms with van der Waals surface area (Å²) in [5.41, 5.74) is 8.43. The average molecular weight is 333 g/mol. The molecule has 1 atom stereocenters. The molecule has 0 aliphatic carbocycles. The van der Waals surface area contributed by atoms with Crippen LogP contribution in [0.1, 0.15) is 39.2 Å². The second-order valence-corrected chi connectivity index (χ2v) is 7.85. The Hall–Kier alpha value is -1.75. The quantitative estimate of drug-likeness (QED) is 0.842. The number of benzene rings is 1. The van der Waals surface area contributed by atoms with Gasteiger partial charge >= 0.3 is 0 Å². The molecule has 1 aromatic carbocycles. The van der Waals surface area contributed by atoms with Crippen molar-refractivity contribution in [2.24, 2.45) is 5.41 Å². The molecule has 2 N–H and O–H groups in total. The minimum atomic E-state index is -0.419. The van der Waals surface area contributed by atoms with Crippen LogP contribution in [0.4, 0.5) is 11.4 Å². The van der Waals surface area contributed by atoms with Crippen molar-refractivity contribution >= 4 is 17.3 Å². The summed E-state index contributed by atoms with van der Waals surface area (Å²) in [6.45, 7) is 7.87. The zero-order valence-electron chi connectivity index (χ0n) is 15.6. The van der Waals surface area contributed by atoms with Gasteiger partial charge in [0.25, 0.3) is 0 Å². The first-order chi connectivity index (χ1) is 11.2. The maximum atomic E-state index is 12.9. The second-order valence-electron chi connectivity index (χ2n) is 7.85. The number of ether oxygens (including phenoxy) is 1. The molecule has 1 fully saturated rings. The van der Waals surface area contributed by atoms with Crippen LogP contribution in [0, 0.1) is 5.41 Å². The van der Waals surface area contributed by atoms with E-state index in [1.807, 2.05) is 58.0 Å². The Morgan fingerprint density at radius 3 is 2.58 bits per heavy atom. The predicted molar refractivity (Wildman–Crippen MR) is 99.0 cm³/mol. The Balaban J connectivity index is 2.27. The van der Waals surface area contributed by atoms with E-state index in [9.17, 15) is 4.79 Å². The van der Waals surface area contributed by atoms with E-state index in [1.165, 1.54) is 0 Å². The first kappa shape index (κ1) is 18.6. The maximum Gasteiger partial charge on any atom is 0.228 e. The molecule has 134 valence electrons. The minimum Gasteiger partial charge on any atom is -0.399 e. The molecule has 2 rings (SSSR count). The van der Waals surface area contributed by atoms with E-state index in [0.29, 0.717) is 13.1 Å². The minimum absolute atomic E-state index is 0.139. The summed E-state index contributed by atoms with van der Waals surface area (Å²) in [5.74, 6) is 0.144. The highest BCUT2D eigenvalue weighted by Gasteiger charge is 2.30. The molecule has 1 aromatic rings. The summed E-state index contributed by atoms with van der Waals surface area (Å²) in [4.78, 5) is 16.9. The second kappa shape index (κ2) is 7.43. The van der Waals surface area contributed by atoms with E-state index in [-0.39, 0.29) is 12.0 Å².